The Morgan fingerprint density at radius 2 is 2.07 bits per heavy atom. The first kappa shape index (κ1) is 10.1. The predicted molar refractivity (Wildman–Crippen MR) is 67.4 cm³/mol. The third-order valence-corrected chi connectivity index (χ3v) is 3.05. The Morgan fingerprint density at radius 3 is 2.80 bits per heavy atom. The SMILES string of the molecule is CNc1cc2c(c(NC)n1)C=CC=CS2. The van der Waals surface area contributed by atoms with Crippen molar-refractivity contribution in [2.75, 3.05) is 24.7 Å². The van der Waals surface area contributed by atoms with Crippen LogP contribution in [0.4, 0.5) is 11.6 Å². The lowest BCUT2D eigenvalue weighted by Crippen LogP contribution is -2.01. The molecule has 1 aromatic rings. The van der Waals surface area contributed by atoms with Crippen LogP contribution in [-0.4, -0.2) is 19.1 Å². The van der Waals surface area contributed by atoms with Crippen molar-refractivity contribution in [1.29, 1.82) is 0 Å². The molecule has 1 aromatic heterocycles. The molecule has 0 spiro atoms. The van der Waals surface area contributed by atoms with Crippen molar-refractivity contribution in [3.05, 3.63) is 29.2 Å². The van der Waals surface area contributed by atoms with E-state index in [0.29, 0.717) is 0 Å². The zero-order chi connectivity index (χ0) is 10.7. The molecule has 1 aliphatic rings. The molecule has 15 heavy (non-hydrogen) atoms. The van der Waals surface area contributed by atoms with Gasteiger partial charge in [0.05, 0.1) is 0 Å². The van der Waals surface area contributed by atoms with E-state index in [-0.39, 0.29) is 0 Å². The fourth-order valence-electron chi connectivity index (χ4n) is 1.42. The third-order valence-electron chi connectivity index (χ3n) is 2.16. The van der Waals surface area contributed by atoms with Gasteiger partial charge >= 0.3 is 0 Å². The van der Waals surface area contributed by atoms with Crippen LogP contribution in [0.15, 0.2) is 28.5 Å². The van der Waals surface area contributed by atoms with E-state index in [1.807, 2.05) is 26.2 Å². The molecule has 2 heterocycles. The largest absolute Gasteiger partial charge is 0.373 e. The quantitative estimate of drug-likeness (QED) is 0.802. The number of allylic oxidation sites excluding steroid dienone is 2. The second-order valence-electron chi connectivity index (χ2n) is 3.07. The normalized spacial score (nSPS) is 13.2. The van der Waals surface area contributed by atoms with Crippen molar-refractivity contribution in [2.45, 2.75) is 4.90 Å². The smallest absolute Gasteiger partial charge is 0.136 e. The van der Waals surface area contributed by atoms with Crippen LogP contribution in [0.2, 0.25) is 0 Å². The standard InChI is InChI=1S/C11H13N3S/c1-12-10-7-9-8(11(13-2)14-10)5-3-4-6-15-9/h3-7H,1-2H3,(H2,12,13,14). The Bertz CT molecular complexity index is 424. The fraction of sp³-hybridized carbons (Fsp3) is 0.182. The van der Waals surface area contributed by atoms with Crippen LogP contribution < -0.4 is 10.6 Å². The summed E-state index contributed by atoms with van der Waals surface area (Å²) in [5.41, 5.74) is 1.14. The van der Waals surface area contributed by atoms with Gasteiger partial charge in [0.15, 0.2) is 0 Å². The van der Waals surface area contributed by atoms with Crippen molar-refractivity contribution < 1.29 is 0 Å². The van der Waals surface area contributed by atoms with Crippen LogP contribution in [0, 0.1) is 0 Å². The van der Waals surface area contributed by atoms with E-state index in [1.54, 1.807) is 11.8 Å². The van der Waals surface area contributed by atoms with Crippen molar-refractivity contribution in [2.24, 2.45) is 0 Å². The van der Waals surface area contributed by atoms with Crippen molar-refractivity contribution >= 4 is 29.5 Å². The topological polar surface area (TPSA) is 37.0 Å². The molecule has 0 aromatic carbocycles. The summed E-state index contributed by atoms with van der Waals surface area (Å²) in [6, 6.07) is 2.06. The monoisotopic (exact) mass is 219 g/mol. The first-order valence-electron chi connectivity index (χ1n) is 4.75. The van der Waals surface area contributed by atoms with Crippen molar-refractivity contribution in [3.63, 3.8) is 0 Å². The number of pyridine rings is 1. The Labute approximate surface area is 93.7 Å². The Kier molecular flexibility index (Phi) is 2.97. The second-order valence-corrected chi connectivity index (χ2v) is 4.02. The summed E-state index contributed by atoms with van der Waals surface area (Å²) in [5, 5.41) is 8.24. The minimum atomic E-state index is 0.884. The number of rotatable bonds is 2. The van der Waals surface area contributed by atoms with Gasteiger partial charge in [0, 0.05) is 24.6 Å². The minimum Gasteiger partial charge on any atom is -0.373 e. The number of nitrogens with zero attached hydrogens (tertiary/aromatic N) is 1. The number of nitrogens with one attached hydrogen (secondary N) is 2. The maximum atomic E-state index is 4.45. The van der Waals surface area contributed by atoms with Gasteiger partial charge in [-0.2, -0.15) is 0 Å². The van der Waals surface area contributed by atoms with Crippen LogP contribution in [0.3, 0.4) is 0 Å². The second kappa shape index (κ2) is 4.40. The summed E-state index contributed by atoms with van der Waals surface area (Å²) >= 11 is 1.71. The third kappa shape index (κ3) is 1.99. The average Bonchev–Trinajstić information content (AvgIpc) is 2.52. The molecule has 0 amide bonds. The average molecular weight is 219 g/mol. The highest BCUT2D eigenvalue weighted by atomic mass is 32.2. The maximum Gasteiger partial charge on any atom is 0.136 e. The van der Waals surface area contributed by atoms with Crippen LogP contribution >= 0.6 is 11.8 Å². The number of aromatic nitrogens is 1. The molecule has 78 valence electrons. The first-order chi connectivity index (χ1) is 7.35. The molecular formula is C11H13N3S. The van der Waals surface area contributed by atoms with Crippen LogP contribution in [0.1, 0.15) is 5.56 Å². The zero-order valence-corrected chi connectivity index (χ0v) is 9.56. The number of hydrogen-bond donors (Lipinski definition) is 2. The lowest BCUT2D eigenvalue weighted by molar-refractivity contribution is 1.21. The number of hydrogen-bond acceptors (Lipinski definition) is 4. The van der Waals surface area contributed by atoms with E-state index in [0.717, 1.165) is 17.2 Å². The van der Waals surface area contributed by atoms with Gasteiger partial charge in [-0.3, -0.25) is 0 Å². The van der Waals surface area contributed by atoms with E-state index in [1.165, 1.54) is 4.90 Å². The van der Waals surface area contributed by atoms with Gasteiger partial charge in [0.25, 0.3) is 0 Å². The summed E-state index contributed by atoms with van der Waals surface area (Å²) in [5.74, 6) is 1.79. The summed E-state index contributed by atoms with van der Waals surface area (Å²) in [6.07, 6.45) is 6.13. The zero-order valence-electron chi connectivity index (χ0n) is 8.74. The number of fused-ring (bicyclic) bond motifs is 1. The van der Waals surface area contributed by atoms with Crippen molar-refractivity contribution in [1.82, 2.24) is 4.98 Å². The van der Waals surface area contributed by atoms with Gasteiger partial charge in [0.1, 0.15) is 11.6 Å². The summed E-state index contributed by atoms with van der Waals surface area (Å²) in [4.78, 5) is 5.66. The van der Waals surface area contributed by atoms with Crippen LogP contribution in [-0.2, 0) is 0 Å². The molecule has 1 aliphatic heterocycles. The molecule has 3 nitrogen and oxygen atoms in total. The maximum absolute atomic E-state index is 4.45. The number of thioether (sulfide) groups is 1. The van der Waals surface area contributed by atoms with Gasteiger partial charge in [-0.25, -0.2) is 4.98 Å². The molecule has 0 aliphatic carbocycles. The van der Waals surface area contributed by atoms with E-state index >= 15 is 0 Å². The Morgan fingerprint density at radius 1 is 1.20 bits per heavy atom. The highest BCUT2D eigenvalue weighted by Crippen LogP contribution is 2.33. The van der Waals surface area contributed by atoms with E-state index in [2.05, 4.69) is 33.2 Å². The highest BCUT2D eigenvalue weighted by Gasteiger charge is 2.09. The lowest BCUT2D eigenvalue weighted by Gasteiger charge is -2.11. The highest BCUT2D eigenvalue weighted by molar-refractivity contribution is 8.02. The van der Waals surface area contributed by atoms with E-state index in [9.17, 15) is 0 Å². The van der Waals surface area contributed by atoms with E-state index < -0.39 is 0 Å². The van der Waals surface area contributed by atoms with Gasteiger partial charge in [-0.1, -0.05) is 30.0 Å². The fourth-order valence-corrected chi connectivity index (χ4v) is 2.21. The molecule has 0 fully saturated rings. The molecule has 0 radical (unpaired) electrons. The molecular weight excluding hydrogens is 206 g/mol. The molecule has 0 bridgehead atoms. The van der Waals surface area contributed by atoms with Gasteiger partial charge < -0.3 is 10.6 Å². The molecule has 0 unspecified atom stereocenters. The number of anilines is 2. The first-order valence-corrected chi connectivity index (χ1v) is 5.63. The summed E-state index contributed by atoms with van der Waals surface area (Å²) in [7, 11) is 3.76. The Hall–Kier alpha value is -1.42. The Balaban J connectivity index is 2.56. The van der Waals surface area contributed by atoms with Crippen molar-refractivity contribution in [3.8, 4) is 0 Å². The molecule has 2 N–H and O–H groups in total. The van der Waals surface area contributed by atoms with Gasteiger partial charge in [-0.05, 0) is 11.5 Å². The summed E-state index contributed by atoms with van der Waals surface area (Å²) < 4.78 is 0. The predicted octanol–water partition coefficient (Wildman–Crippen LogP) is 2.80. The molecule has 0 atom stereocenters. The van der Waals surface area contributed by atoms with Gasteiger partial charge in [-0.15, -0.1) is 0 Å². The lowest BCUT2D eigenvalue weighted by atomic mass is 10.2. The molecule has 0 saturated heterocycles. The molecule has 4 heteroatoms. The van der Waals surface area contributed by atoms with Crippen LogP contribution in [0.25, 0.3) is 6.08 Å². The van der Waals surface area contributed by atoms with Crippen LogP contribution in [0.5, 0.6) is 0 Å². The molecule has 0 saturated carbocycles. The van der Waals surface area contributed by atoms with E-state index in [4.69, 9.17) is 0 Å². The van der Waals surface area contributed by atoms with Gasteiger partial charge in [0.2, 0.25) is 0 Å². The minimum absolute atomic E-state index is 0.884. The summed E-state index contributed by atoms with van der Waals surface area (Å²) in [6.45, 7) is 0. The molecule has 2 rings (SSSR count).